The molecule has 17 heavy (non-hydrogen) atoms. The van der Waals surface area contributed by atoms with Crippen molar-refractivity contribution in [3.63, 3.8) is 0 Å². The number of hydrogen-bond donors (Lipinski definition) is 1. The molecule has 1 aromatic heterocycles. The molecule has 0 bridgehead atoms. The molecule has 0 aliphatic carbocycles. The zero-order valence-corrected chi connectivity index (χ0v) is 9.70. The van der Waals surface area contributed by atoms with Gasteiger partial charge in [0.2, 0.25) is 0 Å². The molecule has 0 amide bonds. The molecule has 2 aromatic rings. The molecule has 1 aromatic carbocycles. The summed E-state index contributed by atoms with van der Waals surface area (Å²) in [5, 5.41) is 0.610. The molecule has 0 aliphatic rings. The fourth-order valence-corrected chi connectivity index (χ4v) is 1.69. The number of aromatic amines is 1. The first-order chi connectivity index (χ1) is 8.11. The van der Waals surface area contributed by atoms with Gasteiger partial charge in [-0.2, -0.15) is 0 Å². The molecule has 4 heteroatoms. The number of H-pyrrole nitrogens is 1. The van der Waals surface area contributed by atoms with Gasteiger partial charge in [-0.25, -0.2) is 4.39 Å². The Balaban J connectivity index is 2.60. The van der Waals surface area contributed by atoms with Crippen LogP contribution in [-0.2, 0) is 0 Å². The Hall–Kier alpha value is -2.10. The Morgan fingerprint density at radius 1 is 1.35 bits per heavy atom. The minimum Gasteiger partial charge on any atom is -0.383 e. The maximum atomic E-state index is 13.1. The Morgan fingerprint density at radius 3 is 2.76 bits per heavy atom. The number of rotatable bonds is 3. The predicted octanol–water partition coefficient (Wildman–Crippen LogP) is 2.65. The van der Waals surface area contributed by atoms with E-state index in [9.17, 15) is 9.18 Å². The normalized spacial score (nSPS) is 11.2. The summed E-state index contributed by atoms with van der Waals surface area (Å²) >= 11 is 0. The number of benzene rings is 1. The third-order valence-corrected chi connectivity index (χ3v) is 2.49. The van der Waals surface area contributed by atoms with E-state index in [-0.39, 0.29) is 5.82 Å². The number of aldehydes is 1. The van der Waals surface area contributed by atoms with Crippen molar-refractivity contribution in [3.05, 3.63) is 41.5 Å². The number of nitrogens with zero attached hydrogens (tertiary/aromatic N) is 1. The van der Waals surface area contributed by atoms with Crippen LogP contribution in [0.25, 0.3) is 17.0 Å². The van der Waals surface area contributed by atoms with Gasteiger partial charge in [-0.05, 0) is 24.3 Å². The van der Waals surface area contributed by atoms with Gasteiger partial charge in [0, 0.05) is 36.8 Å². The molecule has 0 aliphatic heterocycles. The van der Waals surface area contributed by atoms with E-state index in [0.29, 0.717) is 16.6 Å². The number of halogens is 1. The Kier molecular flexibility index (Phi) is 2.95. The minimum absolute atomic E-state index is 0.345. The standard InChI is InChI=1S/C13H13FN2O/c1-16(2)6-5-13-11(8-17)10-7-9(14)3-4-12(10)15-13/h3-8,15H,1-2H3/b6-5+. The molecule has 0 atom stereocenters. The lowest BCUT2D eigenvalue weighted by Gasteiger charge is -2.02. The smallest absolute Gasteiger partial charge is 0.152 e. The van der Waals surface area contributed by atoms with Crippen molar-refractivity contribution in [1.82, 2.24) is 9.88 Å². The molecule has 0 fully saturated rings. The van der Waals surface area contributed by atoms with Crippen molar-refractivity contribution >= 4 is 23.3 Å². The van der Waals surface area contributed by atoms with Crippen LogP contribution in [0.2, 0.25) is 0 Å². The van der Waals surface area contributed by atoms with Crippen molar-refractivity contribution in [2.45, 2.75) is 0 Å². The quantitative estimate of drug-likeness (QED) is 0.826. The first-order valence-corrected chi connectivity index (χ1v) is 5.23. The summed E-state index contributed by atoms with van der Waals surface area (Å²) in [6, 6.07) is 4.36. The highest BCUT2D eigenvalue weighted by molar-refractivity contribution is 6.01. The topological polar surface area (TPSA) is 36.1 Å². The third-order valence-electron chi connectivity index (χ3n) is 2.49. The van der Waals surface area contributed by atoms with Crippen molar-refractivity contribution in [3.8, 4) is 0 Å². The Bertz CT molecular complexity index is 584. The van der Waals surface area contributed by atoms with E-state index < -0.39 is 0 Å². The molecule has 0 spiro atoms. The average molecular weight is 232 g/mol. The van der Waals surface area contributed by atoms with Crippen LogP contribution in [-0.4, -0.2) is 30.3 Å². The lowest BCUT2D eigenvalue weighted by molar-refractivity contribution is 0.112. The number of fused-ring (bicyclic) bond motifs is 1. The highest BCUT2D eigenvalue weighted by atomic mass is 19.1. The molecule has 0 saturated carbocycles. The van der Waals surface area contributed by atoms with Crippen LogP contribution in [0.3, 0.4) is 0 Å². The minimum atomic E-state index is -0.345. The van der Waals surface area contributed by atoms with Crippen LogP contribution in [0, 0.1) is 5.82 Å². The molecular formula is C13H13FN2O. The molecule has 0 radical (unpaired) electrons. The van der Waals surface area contributed by atoms with Gasteiger partial charge < -0.3 is 9.88 Å². The van der Waals surface area contributed by atoms with Gasteiger partial charge in [-0.3, -0.25) is 4.79 Å². The summed E-state index contributed by atoms with van der Waals surface area (Å²) in [5.74, 6) is -0.345. The molecule has 0 saturated heterocycles. The van der Waals surface area contributed by atoms with Crippen LogP contribution < -0.4 is 0 Å². The number of aromatic nitrogens is 1. The number of carbonyl (C=O) groups is 1. The van der Waals surface area contributed by atoms with Crippen molar-refractivity contribution in [2.24, 2.45) is 0 Å². The fraction of sp³-hybridized carbons (Fsp3) is 0.154. The third kappa shape index (κ3) is 2.20. The summed E-state index contributed by atoms with van der Waals surface area (Å²) in [4.78, 5) is 16.0. The van der Waals surface area contributed by atoms with E-state index in [1.54, 1.807) is 12.1 Å². The van der Waals surface area contributed by atoms with E-state index in [0.717, 1.165) is 11.8 Å². The van der Waals surface area contributed by atoms with E-state index in [1.807, 2.05) is 25.2 Å². The SMILES string of the molecule is CN(C)/C=C/c1[nH]c2ccc(F)cc2c1C=O. The van der Waals surface area contributed by atoms with E-state index >= 15 is 0 Å². The van der Waals surface area contributed by atoms with Gasteiger partial charge >= 0.3 is 0 Å². The van der Waals surface area contributed by atoms with Gasteiger partial charge in [0.1, 0.15) is 5.82 Å². The zero-order valence-electron chi connectivity index (χ0n) is 9.70. The van der Waals surface area contributed by atoms with Crippen molar-refractivity contribution in [1.29, 1.82) is 0 Å². The summed E-state index contributed by atoms with van der Waals surface area (Å²) in [6.07, 6.45) is 4.36. The van der Waals surface area contributed by atoms with Crippen LogP contribution in [0.4, 0.5) is 4.39 Å². The van der Waals surface area contributed by atoms with Gasteiger partial charge in [-0.15, -0.1) is 0 Å². The Morgan fingerprint density at radius 2 is 2.12 bits per heavy atom. The van der Waals surface area contributed by atoms with Crippen LogP contribution in [0.5, 0.6) is 0 Å². The highest BCUT2D eigenvalue weighted by Crippen LogP contribution is 2.22. The Labute approximate surface area is 98.5 Å². The zero-order chi connectivity index (χ0) is 12.4. The first kappa shape index (κ1) is 11.4. The highest BCUT2D eigenvalue weighted by Gasteiger charge is 2.09. The van der Waals surface area contributed by atoms with Crippen LogP contribution >= 0.6 is 0 Å². The fourth-order valence-electron chi connectivity index (χ4n) is 1.69. The summed E-state index contributed by atoms with van der Waals surface area (Å²) in [6.45, 7) is 0. The molecule has 3 nitrogen and oxygen atoms in total. The van der Waals surface area contributed by atoms with Crippen molar-refractivity contribution < 1.29 is 9.18 Å². The van der Waals surface area contributed by atoms with E-state index in [1.165, 1.54) is 12.1 Å². The summed E-state index contributed by atoms with van der Waals surface area (Å²) < 4.78 is 13.1. The largest absolute Gasteiger partial charge is 0.383 e. The second-order valence-corrected chi connectivity index (χ2v) is 4.04. The van der Waals surface area contributed by atoms with Gasteiger partial charge in [0.25, 0.3) is 0 Å². The van der Waals surface area contributed by atoms with Crippen LogP contribution in [0.1, 0.15) is 16.1 Å². The second kappa shape index (κ2) is 4.41. The van der Waals surface area contributed by atoms with E-state index in [4.69, 9.17) is 0 Å². The van der Waals surface area contributed by atoms with Gasteiger partial charge in [0.15, 0.2) is 6.29 Å². The summed E-state index contributed by atoms with van der Waals surface area (Å²) in [5.41, 5.74) is 1.93. The maximum absolute atomic E-state index is 13.1. The number of hydrogen-bond acceptors (Lipinski definition) is 2. The molecular weight excluding hydrogens is 219 g/mol. The average Bonchev–Trinajstić information content (AvgIpc) is 2.63. The van der Waals surface area contributed by atoms with E-state index in [2.05, 4.69) is 4.98 Å². The number of carbonyl (C=O) groups excluding carboxylic acids is 1. The monoisotopic (exact) mass is 232 g/mol. The second-order valence-electron chi connectivity index (χ2n) is 4.04. The van der Waals surface area contributed by atoms with Crippen LogP contribution in [0.15, 0.2) is 24.4 Å². The molecule has 88 valence electrons. The predicted molar refractivity (Wildman–Crippen MR) is 66.4 cm³/mol. The number of nitrogens with one attached hydrogen (secondary N) is 1. The molecule has 1 heterocycles. The van der Waals surface area contributed by atoms with Gasteiger partial charge in [0.05, 0.1) is 5.69 Å². The van der Waals surface area contributed by atoms with Gasteiger partial charge in [-0.1, -0.05) is 0 Å². The first-order valence-electron chi connectivity index (χ1n) is 5.23. The lowest BCUT2D eigenvalue weighted by Crippen LogP contribution is -1.99. The molecule has 2 rings (SSSR count). The summed E-state index contributed by atoms with van der Waals surface area (Å²) in [7, 11) is 3.78. The molecule has 1 N–H and O–H groups in total. The molecule has 0 unspecified atom stereocenters. The lowest BCUT2D eigenvalue weighted by atomic mass is 10.1. The maximum Gasteiger partial charge on any atom is 0.152 e. The van der Waals surface area contributed by atoms with Crippen molar-refractivity contribution in [2.75, 3.05) is 14.1 Å².